The molecule has 0 aliphatic heterocycles. The number of Topliss-reactive ketones (excluding diaryl/α,β-unsaturated/α-hetero) is 1. The first-order valence-electron chi connectivity index (χ1n) is 3.22. The van der Waals surface area contributed by atoms with E-state index in [2.05, 4.69) is 0 Å². The first kappa shape index (κ1) is 21.5. The van der Waals surface area contributed by atoms with Gasteiger partial charge in [0.2, 0.25) is 5.91 Å². The summed E-state index contributed by atoms with van der Waals surface area (Å²) in [7, 11) is -4.91. The maximum atomic E-state index is 10.6. The summed E-state index contributed by atoms with van der Waals surface area (Å²) in [6.45, 7) is 0.199. The molecule has 0 atom stereocenters. The van der Waals surface area contributed by atoms with Gasteiger partial charge in [-0.15, -0.1) is 0 Å². The molecule has 0 bridgehead atoms. The van der Waals surface area contributed by atoms with E-state index in [-0.39, 0.29) is 64.2 Å². The summed E-state index contributed by atoms with van der Waals surface area (Å²) < 4.78 is 10.1. The largest absolute Gasteiger partial charge is 1.00 e. The van der Waals surface area contributed by atoms with E-state index in [0.717, 1.165) is 6.92 Å². The molecule has 1 amide bonds. The van der Waals surface area contributed by atoms with E-state index in [1.807, 2.05) is 0 Å². The second-order valence-electron chi connectivity index (χ2n) is 2.38. The smallest absolute Gasteiger partial charge is 0.810 e. The molecule has 0 heterocycles. The third-order valence-electron chi connectivity index (χ3n) is 1.06. The molecule has 0 aromatic rings. The van der Waals surface area contributed by atoms with Crippen LogP contribution in [0.3, 0.4) is 0 Å². The van der Waals surface area contributed by atoms with Crippen LogP contribution in [0.2, 0.25) is 0 Å². The number of rotatable bonds is 4. The fraction of sp³-hybridized carbons (Fsp3) is 0.600. The molecular formula is C5H8NNa2O6P. The van der Waals surface area contributed by atoms with Crippen molar-refractivity contribution in [2.24, 2.45) is 0 Å². The number of hydrogen-bond acceptors (Lipinski definition) is 6. The molecule has 1 N–H and O–H groups in total. The molecule has 15 heavy (non-hydrogen) atoms. The third kappa shape index (κ3) is 13.2. The molecule has 0 unspecified atom stereocenters. The van der Waals surface area contributed by atoms with Crippen molar-refractivity contribution in [2.45, 2.75) is 6.92 Å². The van der Waals surface area contributed by atoms with E-state index in [0.29, 0.717) is 0 Å². The van der Waals surface area contributed by atoms with Crippen molar-refractivity contribution in [3.63, 3.8) is 0 Å². The van der Waals surface area contributed by atoms with E-state index in [9.17, 15) is 23.9 Å². The van der Waals surface area contributed by atoms with Crippen LogP contribution in [0.5, 0.6) is 0 Å². The van der Waals surface area contributed by atoms with Crippen LogP contribution in [-0.4, -0.2) is 34.7 Å². The molecular weight excluding hydrogens is 247 g/mol. The van der Waals surface area contributed by atoms with Crippen LogP contribution >= 0.6 is 7.60 Å². The van der Waals surface area contributed by atoms with Gasteiger partial charge in [0, 0.05) is 13.1 Å². The average Bonchev–Trinajstić information content (AvgIpc) is 1.81. The van der Waals surface area contributed by atoms with Crippen molar-refractivity contribution in [2.75, 3.05) is 12.7 Å². The summed E-state index contributed by atoms with van der Waals surface area (Å²) in [6.07, 6.45) is -1.20. The Bertz CT molecular complexity index is 266. The zero-order valence-electron chi connectivity index (χ0n) is 8.80. The Kier molecular flexibility index (Phi) is 13.3. The molecule has 0 fully saturated rings. The van der Waals surface area contributed by atoms with Crippen molar-refractivity contribution in [3.8, 4) is 0 Å². The van der Waals surface area contributed by atoms with Crippen LogP contribution < -0.4 is 68.9 Å². The van der Waals surface area contributed by atoms with Crippen LogP contribution in [0.1, 0.15) is 6.92 Å². The number of amides is 1. The first-order chi connectivity index (χ1) is 5.72. The van der Waals surface area contributed by atoms with Gasteiger partial charge in [0.15, 0.2) is 5.78 Å². The monoisotopic (exact) mass is 255 g/mol. The molecule has 0 aliphatic carbocycles. The van der Waals surface area contributed by atoms with E-state index < -0.39 is 32.0 Å². The van der Waals surface area contributed by atoms with Gasteiger partial charge < -0.3 is 14.4 Å². The van der Waals surface area contributed by atoms with Crippen molar-refractivity contribution in [1.29, 1.82) is 0 Å². The molecule has 76 valence electrons. The average molecular weight is 255 g/mol. The van der Waals surface area contributed by atoms with Gasteiger partial charge in [-0.3, -0.25) is 14.8 Å². The van der Waals surface area contributed by atoms with Gasteiger partial charge >= 0.3 is 59.1 Å². The van der Waals surface area contributed by atoms with Crippen molar-refractivity contribution < 1.29 is 88.3 Å². The molecule has 0 aliphatic rings. The molecule has 0 radical (unpaired) electrons. The topological polar surface area (TPSA) is 121 Å². The number of carbonyl (C=O) groups is 2. The Balaban J connectivity index is -0.000000720. The van der Waals surface area contributed by atoms with Crippen molar-refractivity contribution in [3.05, 3.63) is 0 Å². The number of nitrogens with zero attached hydrogens (tertiary/aromatic N) is 1. The Morgan fingerprint density at radius 1 is 1.33 bits per heavy atom. The van der Waals surface area contributed by atoms with Crippen LogP contribution in [-0.2, 0) is 14.2 Å². The fourth-order valence-corrected chi connectivity index (χ4v) is 1.08. The van der Waals surface area contributed by atoms with Gasteiger partial charge in [0.1, 0.15) is 6.54 Å². The minimum atomic E-state index is -4.91. The standard InChI is InChI=1S/C5H10NO6P.2Na/c1-4(7)6(9)2-5(8)3-13(10,11)12;;/h9H,2-3H2,1H3,(H2,10,11,12);;/q;2*+1/p-2. The molecule has 7 nitrogen and oxygen atoms in total. The van der Waals surface area contributed by atoms with E-state index in [1.54, 1.807) is 0 Å². The predicted octanol–water partition coefficient (Wildman–Crippen LogP) is -8.29. The summed E-state index contributed by atoms with van der Waals surface area (Å²) >= 11 is 0. The van der Waals surface area contributed by atoms with E-state index in [1.165, 1.54) is 0 Å². The Labute approximate surface area is 131 Å². The Morgan fingerprint density at radius 2 is 1.73 bits per heavy atom. The quantitative estimate of drug-likeness (QED) is 0.230. The normalized spacial score (nSPS) is 9.60. The molecule has 0 saturated carbocycles. The van der Waals surface area contributed by atoms with Crippen molar-refractivity contribution >= 4 is 19.3 Å². The number of hydrogen-bond donors (Lipinski definition) is 1. The number of carbonyl (C=O) groups excluding carboxylic acids is 2. The van der Waals surface area contributed by atoms with Crippen LogP contribution in [0.15, 0.2) is 0 Å². The minimum Gasteiger partial charge on any atom is -0.810 e. The van der Waals surface area contributed by atoms with Gasteiger partial charge in [-0.2, -0.15) is 0 Å². The van der Waals surface area contributed by atoms with Gasteiger partial charge in [-0.1, -0.05) is 7.60 Å². The van der Waals surface area contributed by atoms with Gasteiger partial charge in [-0.05, 0) is 0 Å². The number of ketones is 1. The van der Waals surface area contributed by atoms with E-state index >= 15 is 0 Å². The molecule has 0 rings (SSSR count). The molecule has 0 aromatic carbocycles. The second-order valence-corrected chi connectivity index (χ2v) is 3.92. The summed E-state index contributed by atoms with van der Waals surface area (Å²) in [5.74, 6) is -1.83. The van der Waals surface area contributed by atoms with Crippen LogP contribution in [0.4, 0.5) is 0 Å². The number of hydroxylamine groups is 2. The van der Waals surface area contributed by atoms with Crippen LogP contribution in [0.25, 0.3) is 0 Å². The second kappa shape index (κ2) is 9.30. The van der Waals surface area contributed by atoms with E-state index in [4.69, 9.17) is 5.21 Å². The summed E-state index contributed by atoms with van der Waals surface area (Å²) in [5, 5.41) is 8.70. The molecule has 10 heteroatoms. The molecule has 0 spiro atoms. The fourth-order valence-electron chi connectivity index (χ4n) is 0.544. The Morgan fingerprint density at radius 3 is 2.00 bits per heavy atom. The van der Waals surface area contributed by atoms with Gasteiger partial charge in [0.25, 0.3) is 0 Å². The maximum Gasteiger partial charge on any atom is 1.00 e. The van der Waals surface area contributed by atoms with Gasteiger partial charge in [-0.25, -0.2) is 5.06 Å². The SMILES string of the molecule is CC(=O)N(O)CC(=O)CP(=O)([O-])[O-].[Na+].[Na+]. The Hall–Kier alpha value is 1.25. The zero-order valence-corrected chi connectivity index (χ0v) is 13.7. The third-order valence-corrected chi connectivity index (χ3v) is 1.80. The molecule has 0 saturated heterocycles. The summed E-state index contributed by atoms with van der Waals surface area (Å²) in [6, 6.07) is 0. The zero-order chi connectivity index (χ0) is 10.6. The summed E-state index contributed by atoms with van der Waals surface area (Å²) in [5.41, 5.74) is 0. The maximum absolute atomic E-state index is 10.6. The van der Waals surface area contributed by atoms with Crippen molar-refractivity contribution in [1.82, 2.24) is 5.06 Å². The predicted molar refractivity (Wildman–Crippen MR) is 36.7 cm³/mol. The van der Waals surface area contributed by atoms with Gasteiger partial charge in [0.05, 0.1) is 0 Å². The minimum absolute atomic E-state index is 0. The first-order valence-corrected chi connectivity index (χ1v) is 4.95. The van der Waals surface area contributed by atoms with Crippen LogP contribution in [0, 0.1) is 0 Å². The summed E-state index contributed by atoms with van der Waals surface area (Å²) in [4.78, 5) is 41.1. The molecule has 0 aromatic heterocycles.